The van der Waals surface area contributed by atoms with Crippen LogP contribution in [-0.4, -0.2) is 48.4 Å². The Kier molecular flexibility index (Phi) is 6.32. The third kappa shape index (κ3) is 4.68. The molecule has 2 fully saturated rings. The third-order valence-corrected chi connectivity index (χ3v) is 4.97. The number of ether oxygens (including phenoxy) is 2. The molecule has 4 rings (SSSR count). The average molecular weight is 413 g/mol. The van der Waals surface area contributed by atoms with Crippen molar-refractivity contribution in [1.29, 1.82) is 0 Å². The summed E-state index contributed by atoms with van der Waals surface area (Å²) in [4.78, 5) is 11.0. The number of piperidine rings is 1. The lowest BCUT2D eigenvalue weighted by Gasteiger charge is -2.44. The normalized spacial score (nSPS) is 18.6. The highest BCUT2D eigenvalue weighted by Gasteiger charge is 2.37. The van der Waals surface area contributed by atoms with E-state index in [0.29, 0.717) is 5.95 Å². The summed E-state index contributed by atoms with van der Waals surface area (Å²) in [6.45, 7) is 5.90. The van der Waals surface area contributed by atoms with Crippen LogP contribution in [0.1, 0.15) is 18.5 Å². The molecule has 9 heteroatoms. The smallest absolute Gasteiger partial charge is 0.228 e. The molecule has 1 N–H and O–H groups in total. The van der Waals surface area contributed by atoms with Gasteiger partial charge in [-0.3, -0.25) is 0 Å². The molecule has 1 aromatic carbocycles. The molecule has 0 aliphatic carbocycles. The van der Waals surface area contributed by atoms with Gasteiger partial charge < -0.3 is 19.7 Å². The van der Waals surface area contributed by atoms with Crippen molar-refractivity contribution in [2.45, 2.75) is 25.4 Å². The van der Waals surface area contributed by atoms with Crippen molar-refractivity contribution in [3.63, 3.8) is 0 Å². The molecule has 2 aliphatic heterocycles. The first-order chi connectivity index (χ1) is 13.0. The van der Waals surface area contributed by atoms with Gasteiger partial charge in [0.25, 0.3) is 0 Å². The van der Waals surface area contributed by atoms with Gasteiger partial charge in [0.15, 0.2) is 0 Å². The Morgan fingerprint density at radius 2 is 1.82 bits per heavy atom. The van der Waals surface area contributed by atoms with Crippen molar-refractivity contribution >= 4 is 18.4 Å². The molecule has 0 bridgehead atoms. The van der Waals surface area contributed by atoms with Gasteiger partial charge in [-0.2, -0.15) is 4.98 Å². The van der Waals surface area contributed by atoms with Gasteiger partial charge in [-0.1, -0.05) is 0 Å². The van der Waals surface area contributed by atoms with Crippen molar-refractivity contribution in [3.8, 4) is 11.6 Å². The fourth-order valence-corrected chi connectivity index (χ4v) is 3.57. The van der Waals surface area contributed by atoms with E-state index in [-0.39, 0.29) is 29.6 Å². The predicted molar refractivity (Wildman–Crippen MR) is 103 cm³/mol. The van der Waals surface area contributed by atoms with Crippen LogP contribution in [0.25, 0.3) is 0 Å². The van der Waals surface area contributed by atoms with E-state index >= 15 is 0 Å². The van der Waals surface area contributed by atoms with E-state index in [4.69, 9.17) is 9.47 Å². The van der Waals surface area contributed by atoms with Crippen LogP contribution >= 0.6 is 12.4 Å². The van der Waals surface area contributed by atoms with E-state index in [9.17, 15) is 8.78 Å². The quantitative estimate of drug-likeness (QED) is 0.835. The van der Waals surface area contributed by atoms with Crippen molar-refractivity contribution < 1.29 is 18.3 Å². The summed E-state index contributed by atoms with van der Waals surface area (Å²) in [5.74, 6) is -0.508. The number of nitrogens with zero attached hydrogens (tertiary/aromatic N) is 3. The van der Waals surface area contributed by atoms with Crippen molar-refractivity contribution in [1.82, 2.24) is 15.3 Å². The zero-order valence-corrected chi connectivity index (χ0v) is 16.4. The van der Waals surface area contributed by atoms with Crippen molar-refractivity contribution in [2.75, 3.05) is 37.7 Å². The molecule has 3 heterocycles. The average Bonchev–Trinajstić information content (AvgIpc) is 2.61. The van der Waals surface area contributed by atoms with E-state index in [2.05, 4.69) is 20.2 Å². The highest BCUT2D eigenvalue weighted by atomic mass is 35.5. The number of morpholine rings is 1. The monoisotopic (exact) mass is 412 g/mol. The zero-order chi connectivity index (χ0) is 18.9. The SMILES string of the molecule is Cc1cc(Oc2cc(F)cc(F)c2)nc(N2CCC3(CC2)CNCCO3)n1.Cl. The summed E-state index contributed by atoms with van der Waals surface area (Å²) in [6.07, 6.45) is 1.78. The summed E-state index contributed by atoms with van der Waals surface area (Å²) in [7, 11) is 0. The van der Waals surface area contributed by atoms with Crippen molar-refractivity contribution in [2.24, 2.45) is 0 Å². The predicted octanol–water partition coefficient (Wildman–Crippen LogP) is 3.24. The zero-order valence-electron chi connectivity index (χ0n) is 15.6. The van der Waals surface area contributed by atoms with Gasteiger partial charge in [0.2, 0.25) is 11.8 Å². The highest BCUT2D eigenvalue weighted by molar-refractivity contribution is 5.85. The van der Waals surface area contributed by atoms with Gasteiger partial charge in [-0.05, 0) is 19.8 Å². The van der Waals surface area contributed by atoms with E-state index in [1.165, 1.54) is 0 Å². The van der Waals surface area contributed by atoms with Gasteiger partial charge >= 0.3 is 0 Å². The number of aromatic nitrogens is 2. The molecule has 0 amide bonds. The molecule has 28 heavy (non-hydrogen) atoms. The Morgan fingerprint density at radius 3 is 2.46 bits per heavy atom. The van der Waals surface area contributed by atoms with Crippen LogP contribution in [0.5, 0.6) is 11.6 Å². The molecule has 2 saturated heterocycles. The fourth-order valence-electron chi connectivity index (χ4n) is 3.57. The maximum Gasteiger partial charge on any atom is 0.228 e. The molecule has 0 unspecified atom stereocenters. The van der Waals surface area contributed by atoms with Crippen LogP contribution in [-0.2, 0) is 4.74 Å². The van der Waals surface area contributed by atoms with Gasteiger partial charge in [0, 0.05) is 56.1 Å². The van der Waals surface area contributed by atoms with E-state index < -0.39 is 11.6 Å². The Labute approximate surface area is 168 Å². The van der Waals surface area contributed by atoms with Crippen LogP contribution in [0.2, 0.25) is 0 Å². The van der Waals surface area contributed by atoms with Crippen LogP contribution in [0, 0.1) is 18.6 Å². The topological polar surface area (TPSA) is 59.5 Å². The highest BCUT2D eigenvalue weighted by Crippen LogP contribution is 2.30. The molecular weight excluding hydrogens is 390 g/mol. The second-order valence-corrected chi connectivity index (χ2v) is 7.05. The lowest BCUT2D eigenvalue weighted by Crippen LogP contribution is -2.55. The number of rotatable bonds is 3. The number of hydrogen-bond donors (Lipinski definition) is 1. The maximum atomic E-state index is 13.4. The Balaban J connectivity index is 0.00000225. The minimum atomic E-state index is -0.696. The standard InChI is InChI=1S/C19H22F2N4O2.ClH/c1-13-8-17(27-16-10-14(20)9-15(21)11-16)24-18(23-13)25-5-2-19(3-6-25)12-22-4-7-26-19;/h8-11,22H,2-7,12H2,1H3;1H. The third-order valence-electron chi connectivity index (χ3n) is 4.97. The van der Waals surface area contributed by atoms with E-state index in [1.807, 2.05) is 6.92 Å². The van der Waals surface area contributed by atoms with Gasteiger partial charge in [0.05, 0.1) is 12.2 Å². The number of hydrogen-bond acceptors (Lipinski definition) is 6. The molecule has 1 spiro atoms. The number of anilines is 1. The molecular formula is C19H23ClF2N4O2. The first kappa shape index (κ1) is 20.7. The first-order valence-corrected chi connectivity index (χ1v) is 9.11. The number of aryl methyl sites for hydroxylation is 1. The number of halogens is 3. The lowest BCUT2D eigenvalue weighted by atomic mass is 9.90. The van der Waals surface area contributed by atoms with Crippen LogP contribution in [0.15, 0.2) is 24.3 Å². The van der Waals surface area contributed by atoms with Gasteiger partial charge in [0.1, 0.15) is 17.4 Å². The van der Waals surface area contributed by atoms with Gasteiger partial charge in [-0.25, -0.2) is 13.8 Å². The lowest BCUT2D eigenvalue weighted by molar-refractivity contribution is -0.0801. The molecule has 0 saturated carbocycles. The van der Waals surface area contributed by atoms with Crippen molar-refractivity contribution in [3.05, 3.63) is 41.6 Å². The number of nitrogens with one attached hydrogen (secondary N) is 1. The van der Waals surface area contributed by atoms with E-state index in [0.717, 1.165) is 69.5 Å². The van der Waals surface area contributed by atoms with Crippen LogP contribution in [0.4, 0.5) is 14.7 Å². The molecule has 1 aromatic heterocycles. The maximum absolute atomic E-state index is 13.4. The summed E-state index contributed by atoms with van der Waals surface area (Å²) in [6, 6.07) is 4.69. The summed E-state index contributed by atoms with van der Waals surface area (Å²) < 4.78 is 38.3. The molecule has 152 valence electrons. The minimum Gasteiger partial charge on any atom is -0.439 e. The molecule has 0 radical (unpaired) electrons. The minimum absolute atomic E-state index is 0. The largest absolute Gasteiger partial charge is 0.439 e. The van der Waals surface area contributed by atoms with Crippen LogP contribution < -0.4 is 15.0 Å². The Hall–Kier alpha value is -2.03. The summed E-state index contributed by atoms with van der Waals surface area (Å²) in [5.41, 5.74) is 0.625. The molecule has 2 aromatic rings. The second-order valence-electron chi connectivity index (χ2n) is 7.05. The van der Waals surface area contributed by atoms with E-state index in [1.54, 1.807) is 6.07 Å². The molecule has 6 nitrogen and oxygen atoms in total. The second kappa shape index (κ2) is 8.55. The first-order valence-electron chi connectivity index (χ1n) is 9.11. The molecule has 0 atom stereocenters. The fraction of sp³-hybridized carbons (Fsp3) is 0.474. The Morgan fingerprint density at radius 1 is 1.11 bits per heavy atom. The Bertz CT molecular complexity index is 803. The number of benzene rings is 1. The summed E-state index contributed by atoms with van der Waals surface area (Å²) in [5, 5.41) is 3.40. The molecule has 2 aliphatic rings. The summed E-state index contributed by atoms with van der Waals surface area (Å²) >= 11 is 0. The van der Waals surface area contributed by atoms with Gasteiger partial charge in [-0.15, -0.1) is 12.4 Å². The van der Waals surface area contributed by atoms with Crippen LogP contribution in [0.3, 0.4) is 0 Å².